The van der Waals surface area contributed by atoms with Gasteiger partial charge in [0, 0.05) is 48.9 Å². The number of piperidine rings is 1. The second kappa shape index (κ2) is 9.39. The number of nitrogens with one attached hydrogen (secondary N) is 1. The first-order valence-electron chi connectivity index (χ1n) is 11.5. The molecule has 0 saturated carbocycles. The highest BCUT2D eigenvalue weighted by Gasteiger charge is 2.24. The van der Waals surface area contributed by atoms with Gasteiger partial charge in [-0.25, -0.2) is 9.50 Å². The van der Waals surface area contributed by atoms with Crippen LogP contribution >= 0.6 is 0 Å². The molecule has 4 aromatic rings. The molecule has 1 aliphatic heterocycles. The third kappa shape index (κ3) is 4.62. The van der Waals surface area contributed by atoms with E-state index >= 15 is 0 Å². The molecule has 5 rings (SSSR count). The molecule has 174 valence electrons. The maximum atomic E-state index is 13.0. The summed E-state index contributed by atoms with van der Waals surface area (Å²) in [6.45, 7) is 2.78. The molecule has 0 unspecified atom stereocenters. The fraction of sp³-hybridized carbons (Fsp3) is 0.222. The number of likely N-dealkylation sites (tertiary alicyclic amines) is 1. The molecule has 0 radical (unpaired) electrons. The third-order valence-corrected chi connectivity index (χ3v) is 6.31. The Morgan fingerprint density at radius 3 is 2.34 bits per heavy atom. The smallest absolute Gasteiger partial charge is 0.253 e. The quantitative estimate of drug-likeness (QED) is 0.496. The molecule has 2 aromatic heterocycles. The van der Waals surface area contributed by atoms with E-state index in [-0.39, 0.29) is 17.9 Å². The Kier molecular flexibility index (Phi) is 5.98. The zero-order valence-electron chi connectivity index (χ0n) is 19.3. The summed E-state index contributed by atoms with van der Waals surface area (Å²) in [5.74, 6) is -0.0303. The third-order valence-electron chi connectivity index (χ3n) is 6.31. The number of nitriles is 1. The van der Waals surface area contributed by atoms with Crippen LogP contribution in [0.5, 0.6) is 0 Å². The van der Waals surface area contributed by atoms with Gasteiger partial charge in [-0.2, -0.15) is 10.4 Å². The zero-order chi connectivity index (χ0) is 24.4. The molecule has 0 atom stereocenters. The molecule has 1 aliphatic rings. The predicted molar refractivity (Wildman–Crippen MR) is 131 cm³/mol. The maximum Gasteiger partial charge on any atom is 0.253 e. The van der Waals surface area contributed by atoms with Crippen molar-refractivity contribution in [3.63, 3.8) is 0 Å². The lowest BCUT2D eigenvalue weighted by Gasteiger charge is -2.32. The molecule has 2 aromatic carbocycles. The van der Waals surface area contributed by atoms with Crippen LogP contribution in [0, 0.1) is 11.3 Å². The van der Waals surface area contributed by atoms with Crippen molar-refractivity contribution in [3.8, 4) is 28.5 Å². The summed E-state index contributed by atoms with van der Waals surface area (Å²) < 4.78 is 1.72. The van der Waals surface area contributed by atoms with Crippen molar-refractivity contribution < 1.29 is 9.59 Å². The highest BCUT2D eigenvalue weighted by atomic mass is 16.2. The molecule has 0 aliphatic carbocycles. The number of carbonyl (C=O) groups excluding carboxylic acids is 2. The van der Waals surface area contributed by atoms with Gasteiger partial charge in [0.05, 0.1) is 23.5 Å². The fourth-order valence-electron chi connectivity index (χ4n) is 4.44. The van der Waals surface area contributed by atoms with E-state index in [4.69, 9.17) is 10.2 Å². The van der Waals surface area contributed by atoms with Gasteiger partial charge in [-0.3, -0.25) is 9.59 Å². The second-order valence-electron chi connectivity index (χ2n) is 8.67. The van der Waals surface area contributed by atoms with Crippen LogP contribution in [0.2, 0.25) is 0 Å². The lowest BCUT2D eigenvalue weighted by atomic mass is 10.0. The van der Waals surface area contributed by atoms with E-state index in [0.717, 1.165) is 40.9 Å². The number of nitrogens with zero attached hydrogens (tertiary/aromatic N) is 5. The average Bonchev–Trinajstić information content (AvgIpc) is 3.32. The Morgan fingerprint density at radius 2 is 1.69 bits per heavy atom. The van der Waals surface area contributed by atoms with Crippen molar-refractivity contribution in [1.29, 1.82) is 5.26 Å². The van der Waals surface area contributed by atoms with Crippen LogP contribution in [-0.2, 0) is 4.79 Å². The molecule has 1 saturated heterocycles. The number of amides is 2. The molecule has 8 heteroatoms. The van der Waals surface area contributed by atoms with Crippen molar-refractivity contribution in [2.75, 3.05) is 13.1 Å². The highest BCUT2D eigenvalue weighted by Crippen LogP contribution is 2.26. The van der Waals surface area contributed by atoms with E-state index in [0.29, 0.717) is 24.2 Å². The molecular formula is C27H24N6O2. The lowest BCUT2D eigenvalue weighted by molar-refractivity contribution is -0.119. The number of hydrogen-bond donors (Lipinski definition) is 1. The Balaban J connectivity index is 1.34. The molecule has 2 amide bonds. The fourth-order valence-corrected chi connectivity index (χ4v) is 4.44. The van der Waals surface area contributed by atoms with Gasteiger partial charge in [0.15, 0.2) is 5.65 Å². The molecule has 0 spiro atoms. The number of hydrogen-bond acceptors (Lipinski definition) is 5. The van der Waals surface area contributed by atoms with Crippen LogP contribution in [0.4, 0.5) is 0 Å². The van der Waals surface area contributed by atoms with Gasteiger partial charge >= 0.3 is 0 Å². The van der Waals surface area contributed by atoms with Crippen molar-refractivity contribution in [3.05, 3.63) is 78.1 Å². The minimum absolute atomic E-state index is 0.000119. The Hall–Kier alpha value is -4.51. The van der Waals surface area contributed by atoms with E-state index in [9.17, 15) is 9.59 Å². The van der Waals surface area contributed by atoms with Crippen LogP contribution in [0.1, 0.15) is 35.7 Å². The van der Waals surface area contributed by atoms with E-state index in [2.05, 4.69) is 16.5 Å². The molecule has 1 fully saturated rings. The first-order valence-corrected chi connectivity index (χ1v) is 11.5. The number of aromatic nitrogens is 3. The van der Waals surface area contributed by atoms with Gasteiger partial charge in [0.2, 0.25) is 5.91 Å². The summed E-state index contributed by atoms with van der Waals surface area (Å²) in [5.41, 5.74) is 5.46. The zero-order valence-corrected chi connectivity index (χ0v) is 19.3. The topological polar surface area (TPSA) is 103 Å². The summed E-state index contributed by atoms with van der Waals surface area (Å²) >= 11 is 0. The Morgan fingerprint density at radius 1 is 1.00 bits per heavy atom. The van der Waals surface area contributed by atoms with Crippen molar-refractivity contribution in [2.45, 2.75) is 25.8 Å². The Labute approximate surface area is 202 Å². The molecule has 8 nitrogen and oxygen atoms in total. The number of fused-ring (bicyclic) bond motifs is 1. The van der Waals surface area contributed by atoms with E-state index in [1.165, 1.54) is 6.92 Å². The number of rotatable bonds is 4. The molecular weight excluding hydrogens is 440 g/mol. The summed E-state index contributed by atoms with van der Waals surface area (Å²) in [6.07, 6.45) is 5.16. The minimum atomic E-state index is -0.0304. The SMILES string of the molecule is CC(=O)NC1CCN(C(=O)c2ccc(-c3ccn4ncc(-c5ccc(C#N)cc5)c4n3)cc2)CC1. The monoisotopic (exact) mass is 464 g/mol. The number of benzene rings is 2. The van der Waals surface area contributed by atoms with Crippen LogP contribution in [0.15, 0.2) is 67.0 Å². The average molecular weight is 465 g/mol. The number of carbonyl (C=O) groups is 2. The summed E-state index contributed by atoms with van der Waals surface area (Å²) in [4.78, 5) is 30.9. The summed E-state index contributed by atoms with van der Waals surface area (Å²) in [7, 11) is 0. The maximum absolute atomic E-state index is 13.0. The van der Waals surface area contributed by atoms with E-state index < -0.39 is 0 Å². The van der Waals surface area contributed by atoms with Gasteiger partial charge in [-0.15, -0.1) is 0 Å². The first kappa shape index (κ1) is 22.3. The van der Waals surface area contributed by atoms with Gasteiger partial charge in [-0.05, 0) is 48.7 Å². The van der Waals surface area contributed by atoms with E-state index in [1.807, 2.05) is 53.6 Å². The van der Waals surface area contributed by atoms with Gasteiger partial charge in [-0.1, -0.05) is 24.3 Å². The van der Waals surface area contributed by atoms with Gasteiger partial charge < -0.3 is 10.2 Å². The predicted octanol–water partition coefficient (Wildman–Crippen LogP) is 3.68. The summed E-state index contributed by atoms with van der Waals surface area (Å²) in [5, 5.41) is 16.4. The Bertz CT molecular complexity index is 1430. The molecule has 35 heavy (non-hydrogen) atoms. The first-order chi connectivity index (χ1) is 17.0. The minimum Gasteiger partial charge on any atom is -0.353 e. The molecule has 3 heterocycles. The van der Waals surface area contributed by atoms with Crippen molar-refractivity contribution in [1.82, 2.24) is 24.8 Å². The molecule has 0 bridgehead atoms. The second-order valence-corrected chi connectivity index (χ2v) is 8.67. The van der Waals surface area contributed by atoms with Crippen molar-refractivity contribution in [2.24, 2.45) is 0 Å². The summed E-state index contributed by atoms with van der Waals surface area (Å²) in [6, 6.07) is 19.0. The highest BCUT2D eigenvalue weighted by molar-refractivity contribution is 5.94. The lowest BCUT2D eigenvalue weighted by Crippen LogP contribution is -2.46. The van der Waals surface area contributed by atoms with Crippen LogP contribution < -0.4 is 5.32 Å². The van der Waals surface area contributed by atoms with Gasteiger partial charge in [0.25, 0.3) is 5.91 Å². The molecule has 1 N–H and O–H groups in total. The largest absolute Gasteiger partial charge is 0.353 e. The van der Waals surface area contributed by atoms with Gasteiger partial charge in [0.1, 0.15) is 0 Å². The van der Waals surface area contributed by atoms with E-state index in [1.54, 1.807) is 22.8 Å². The van der Waals surface area contributed by atoms with Crippen molar-refractivity contribution >= 4 is 17.5 Å². The normalized spacial score (nSPS) is 14.0. The standard InChI is InChI=1S/C27H24N6O2/c1-18(34)30-23-10-13-32(14-11-23)27(35)22-8-6-21(7-9-22)25-12-15-33-26(31-25)24(17-29-33)20-4-2-19(16-28)3-5-20/h2-9,12,15,17,23H,10-11,13-14H2,1H3,(H,30,34). The van der Waals surface area contributed by atoms with Crippen LogP contribution in [0.25, 0.3) is 28.0 Å². The van der Waals surface area contributed by atoms with Crippen LogP contribution in [0.3, 0.4) is 0 Å². The van der Waals surface area contributed by atoms with Crippen LogP contribution in [-0.4, -0.2) is 50.4 Å².